The maximum absolute atomic E-state index is 13.8. The first-order valence-corrected chi connectivity index (χ1v) is 12.5. The van der Waals surface area contributed by atoms with Gasteiger partial charge in [0.1, 0.15) is 11.9 Å². The van der Waals surface area contributed by atoms with Crippen molar-refractivity contribution >= 4 is 40.3 Å². The summed E-state index contributed by atoms with van der Waals surface area (Å²) < 4.78 is 1.96. The van der Waals surface area contributed by atoms with Crippen LogP contribution in [0.25, 0.3) is 11.0 Å². The molecule has 1 aromatic heterocycles. The SMILES string of the molecule is CSc1cccc(NC(=O)C[C@@H]2C(=O)N(Cc3ccccc3)[C@H](C)c3nc4ccccc4n32)c1. The Morgan fingerprint density at radius 2 is 1.79 bits per heavy atom. The van der Waals surface area contributed by atoms with Crippen LogP contribution >= 0.6 is 11.8 Å². The molecule has 6 nitrogen and oxygen atoms in total. The van der Waals surface area contributed by atoms with E-state index >= 15 is 0 Å². The number of hydrogen-bond acceptors (Lipinski definition) is 4. The number of benzene rings is 3. The highest BCUT2D eigenvalue weighted by molar-refractivity contribution is 7.98. The lowest BCUT2D eigenvalue weighted by Crippen LogP contribution is -2.45. The minimum absolute atomic E-state index is 0.0354. The zero-order chi connectivity index (χ0) is 23.7. The van der Waals surface area contributed by atoms with E-state index in [2.05, 4.69) is 5.32 Å². The lowest BCUT2D eigenvalue weighted by Gasteiger charge is -2.38. The number of fused-ring (bicyclic) bond motifs is 3. The lowest BCUT2D eigenvalue weighted by atomic mass is 10.0. The monoisotopic (exact) mass is 470 g/mol. The molecular weight excluding hydrogens is 444 g/mol. The third-order valence-corrected chi connectivity index (χ3v) is 7.00. The number of amides is 2. The number of anilines is 1. The molecule has 0 saturated carbocycles. The summed E-state index contributed by atoms with van der Waals surface area (Å²) in [6.07, 6.45) is 2.03. The second-order valence-corrected chi connectivity index (χ2v) is 9.34. The Kier molecular flexibility index (Phi) is 6.11. The van der Waals surface area contributed by atoms with Gasteiger partial charge in [-0.2, -0.15) is 0 Å². The van der Waals surface area contributed by atoms with Crippen LogP contribution in [0.2, 0.25) is 0 Å². The molecule has 1 N–H and O–H groups in total. The van der Waals surface area contributed by atoms with E-state index < -0.39 is 6.04 Å². The van der Waals surface area contributed by atoms with Crippen LogP contribution in [0, 0.1) is 0 Å². The summed E-state index contributed by atoms with van der Waals surface area (Å²) >= 11 is 1.62. The fourth-order valence-corrected chi connectivity index (χ4v) is 5.04. The van der Waals surface area contributed by atoms with Crippen molar-refractivity contribution in [3.8, 4) is 0 Å². The average molecular weight is 471 g/mol. The third-order valence-electron chi connectivity index (χ3n) is 6.27. The smallest absolute Gasteiger partial charge is 0.247 e. The highest BCUT2D eigenvalue weighted by atomic mass is 32.2. The molecule has 2 atom stereocenters. The Morgan fingerprint density at radius 1 is 1.03 bits per heavy atom. The van der Waals surface area contributed by atoms with E-state index in [1.54, 1.807) is 11.8 Å². The van der Waals surface area contributed by atoms with Crippen LogP contribution in [0.4, 0.5) is 5.69 Å². The van der Waals surface area contributed by atoms with E-state index in [1.165, 1.54) is 0 Å². The topological polar surface area (TPSA) is 67.2 Å². The summed E-state index contributed by atoms with van der Waals surface area (Å²) in [7, 11) is 0. The van der Waals surface area contributed by atoms with Crippen molar-refractivity contribution in [1.82, 2.24) is 14.5 Å². The Labute approximate surface area is 203 Å². The highest BCUT2D eigenvalue weighted by Crippen LogP contribution is 2.37. The van der Waals surface area contributed by atoms with Gasteiger partial charge in [-0.15, -0.1) is 11.8 Å². The zero-order valence-corrected chi connectivity index (χ0v) is 20.0. The second-order valence-electron chi connectivity index (χ2n) is 8.46. The first kappa shape index (κ1) is 22.2. The van der Waals surface area contributed by atoms with E-state index in [4.69, 9.17) is 4.98 Å². The second kappa shape index (κ2) is 9.35. The van der Waals surface area contributed by atoms with Gasteiger partial charge in [-0.3, -0.25) is 9.59 Å². The number of carbonyl (C=O) groups is 2. The number of hydrogen-bond donors (Lipinski definition) is 1. The molecule has 0 spiro atoms. The number of carbonyl (C=O) groups excluding carboxylic acids is 2. The Morgan fingerprint density at radius 3 is 2.59 bits per heavy atom. The molecule has 0 unspecified atom stereocenters. The summed E-state index contributed by atoms with van der Waals surface area (Å²) in [5, 5.41) is 2.97. The molecule has 5 rings (SSSR count). The van der Waals surface area contributed by atoms with Crippen molar-refractivity contribution < 1.29 is 9.59 Å². The zero-order valence-electron chi connectivity index (χ0n) is 19.1. The van der Waals surface area contributed by atoms with Crippen molar-refractivity contribution in [3.05, 3.63) is 90.3 Å². The molecular formula is C27H26N4O2S. The van der Waals surface area contributed by atoms with Gasteiger partial charge in [0.05, 0.1) is 23.5 Å². The summed E-state index contributed by atoms with van der Waals surface area (Å²) in [5.74, 6) is 0.536. The molecule has 0 radical (unpaired) electrons. The van der Waals surface area contributed by atoms with E-state index in [0.717, 1.165) is 33.0 Å². The van der Waals surface area contributed by atoms with E-state index in [9.17, 15) is 9.59 Å². The van der Waals surface area contributed by atoms with Crippen molar-refractivity contribution in [2.24, 2.45) is 0 Å². The summed E-state index contributed by atoms with van der Waals surface area (Å²) in [4.78, 5) is 34.7. The number of nitrogens with zero attached hydrogens (tertiary/aromatic N) is 3. The van der Waals surface area contributed by atoms with Crippen molar-refractivity contribution in [3.63, 3.8) is 0 Å². The van der Waals surface area contributed by atoms with Gasteiger partial charge in [0, 0.05) is 17.1 Å². The third kappa shape index (κ3) is 4.19. The summed E-state index contributed by atoms with van der Waals surface area (Å²) in [5.41, 5.74) is 3.48. The number of thioether (sulfide) groups is 1. The van der Waals surface area contributed by atoms with E-state index in [0.29, 0.717) is 6.54 Å². The van der Waals surface area contributed by atoms with Crippen LogP contribution in [0.1, 0.15) is 36.8 Å². The molecule has 0 fully saturated rings. The molecule has 0 aliphatic carbocycles. The fraction of sp³-hybridized carbons (Fsp3) is 0.222. The average Bonchev–Trinajstić information content (AvgIpc) is 3.25. The number of imidazole rings is 1. The van der Waals surface area contributed by atoms with Crippen molar-refractivity contribution in [2.45, 2.75) is 36.9 Å². The number of aromatic nitrogens is 2. The summed E-state index contributed by atoms with van der Waals surface area (Å²) in [6.45, 7) is 2.47. The maximum Gasteiger partial charge on any atom is 0.247 e. The molecule has 4 aromatic rings. The van der Waals surface area contributed by atoms with E-state index in [1.807, 2.05) is 102 Å². The Hall–Kier alpha value is -3.58. The van der Waals surface area contributed by atoms with Crippen LogP contribution in [0.3, 0.4) is 0 Å². The Bertz CT molecular complexity index is 1350. The quantitative estimate of drug-likeness (QED) is 0.382. The van der Waals surface area contributed by atoms with Gasteiger partial charge in [-0.1, -0.05) is 48.5 Å². The van der Waals surface area contributed by atoms with Gasteiger partial charge in [0.25, 0.3) is 0 Å². The van der Waals surface area contributed by atoms with Gasteiger partial charge >= 0.3 is 0 Å². The van der Waals surface area contributed by atoms with Gasteiger partial charge < -0.3 is 14.8 Å². The minimum Gasteiger partial charge on any atom is -0.327 e. The number of nitrogens with one attached hydrogen (secondary N) is 1. The van der Waals surface area contributed by atoms with Gasteiger partial charge in [0.2, 0.25) is 11.8 Å². The van der Waals surface area contributed by atoms with Crippen LogP contribution in [0.15, 0.2) is 83.8 Å². The van der Waals surface area contributed by atoms with Crippen LogP contribution in [-0.4, -0.2) is 32.5 Å². The van der Waals surface area contributed by atoms with E-state index in [-0.39, 0.29) is 24.3 Å². The number of rotatable bonds is 6. The van der Waals surface area contributed by atoms with Crippen LogP contribution in [-0.2, 0) is 16.1 Å². The van der Waals surface area contributed by atoms with Crippen LogP contribution < -0.4 is 5.32 Å². The minimum atomic E-state index is -0.661. The van der Waals surface area contributed by atoms with Gasteiger partial charge in [-0.05, 0) is 49.1 Å². The van der Waals surface area contributed by atoms with Crippen molar-refractivity contribution in [2.75, 3.05) is 11.6 Å². The molecule has 34 heavy (non-hydrogen) atoms. The largest absolute Gasteiger partial charge is 0.327 e. The molecule has 1 aliphatic rings. The van der Waals surface area contributed by atoms with Gasteiger partial charge in [0.15, 0.2) is 0 Å². The maximum atomic E-state index is 13.8. The molecule has 2 amide bonds. The normalized spacial score (nSPS) is 17.6. The molecule has 172 valence electrons. The summed E-state index contributed by atoms with van der Waals surface area (Å²) in [6, 6.07) is 24.6. The van der Waals surface area contributed by atoms with Crippen molar-refractivity contribution in [1.29, 1.82) is 0 Å². The molecule has 3 aromatic carbocycles. The highest BCUT2D eigenvalue weighted by Gasteiger charge is 2.40. The predicted molar refractivity (Wildman–Crippen MR) is 136 cm³/mol. The first-order valence-electron chi connectivity index (χ1n) is 11.3. The van der Waals surface area contributed by atoms with Crippen LogP contribution in [0.5, 0.6) is 0 Å². The fourth-order valence-electron chi connectivity index (χ4n) is 4.58. The molecule has 0 bridgehead atoms. The predicted octanol–water partition coefficient (Wildman–Crippen LogP) is 5.43. The molecule has 1 aliphatic heterocycles. The standard InChI is InChI=1S/C27H26N4O2S/c1-18-26-29-22-13-6-7-14-23(22)31(26)24(27(33)30(18)17-19-9-4-3-5-10-19)16-25(32)28-20-11-8-12-21(15-20)34-2/h3-15,18,24H,16-17H2,1-2H3,(H,28,32)/t18-,24-/m1/s1. The lowest BCUT2D eigenvalue weighted by molar-refractivity contribution is -0.142. The molecule has 0 saturated heterocycles. The molecule has 7 heteroatoms. The number of para-hydroxylation sites is 2. The molecule has 2 heterocycles. The van der Waals surface area contributed by atoms with Gasteiger partial charge in [-0.25, -0.2) is 4.98 Å². The Balaban J connectivity index is 1.49. The first-order chi connectivity index (χ1) is 16.5.